The van der Waals surface area contributed by atoms with Crippen molar-refractivity contribution in [2.45, 2.75) is 19.3 Å². The third-order valence-corrected chi connectivity index (χ3v) is 4.20. The van der Waals surface area contributed by atoms with Crippen molar-refractivity contribution >= 4 is 34.8 Å². The minimum atomic E-state index is 0.000774. The molecule has 1 N–H and O–H groups in total. The molecule has 0 bridgehead atoms. The quantitative estimate of drug-likeness (QED) is 0.843. The summed E-state index contributed by atoms with van der Waals surface area (Å²) in [5.74, 6) is 0.271. The standard InChI is InChI=1S/C17H15Cl2NO/c1-10-2-4-14(5-3-10)20-17(21)16-9-15(16)11-6-12(18)8-13(19)7-11/h2-8,15-16H,9H2,1H3,(H,20,21)/t15-,16+/m1/s1. The van der Waals surface area contributed by atoms with Gasteiger partial charge in [-0.15, -0.1) is 0 Å². The van der Waals surface area contributed by atoms with Crippen LogP contribution in [0.1, 0.15) is 23.5 Å². The fraction of sp³-hybridized carbons (Fsp3) is 0.235. The molecule has 2 atom stereocenters. The lowest BCUT2D eigenvalue weighted by Crippen LogP contribution is -2.14. The van der Waals surface area contributed by atoms with Crippen molar-refractivity contribution in [1.29, 1.82) is 0 Å². The Kier molecular flexibility index (Phi) is 3.92. The Bertz CT molecular complexity index is 661. The van der Waals surface area contributed by atoms with E-state index in [4.69, 9.17) is 23.2 Å². The predicted octanol–water partition coefficient (Wildman–Crippen LogP) is 5.04. The van der Waals surface area contributed by atoms with E-state index in [2.05, 4.69) is 5.32 Å². The van der Waals surface area contributed by atoms with Gasteiger partial charge in [-0.25, -0.2) is 0 Å². The molecule has 0 aliphatic heterocycles. The Hall–Kier alpha value is -1.51. The maximum Gasteiger partial charge on any atom is 0.228 e. The van der Waals surface area contributed by atoms with Crippen molar-refractivity contribution in [3.8, 4) is 0 Å². The van der Waals surface area contributed by atoms with Crippen molar-refractivity contribution < 1.29 is 4.79 Å². The summed E-state index contributed by atoms with van der Waals surface area (Å²) >= 11 is 12.0. The lowest BCUT2D eigenvalue weighted by Gasteiger charge is -2.06. The second-order valence-electron chi connectivity index (χ2n) is 5.51. The third kappa shape index (κ3) is 3.39. The summed E-state index contributed by atoms with van der Waals surface area (Å²) in [5, 5.41) is 4.18. The van der Waals surface area contributed by atoms with Crippen LogP contribution in [-0.4, -0.2) is 5.91 Å². The smallest absolute Gasteiger partial charge is 0.228 e. The van der Waals surface area contributed by atoms with Gasteiger partial charge in [0.15, 0.2) is 0 Å². The number of rotatable bonds is 3. The van der Waals surface area contributed by atoms with Crippen LogP contribution in [0, 0.1) is 12.8 Å². The minimum absolute atomic E-state index is 0.000774. The fourth-order valence-electron chi connectivity index (χ4n) is 2.51. The van der Waals surface area contributed by atoms with Crippen molar-refractivity contribution in [3.63, 3.8) is 0 Å². The van der Waals surface area contributed by atoms with Crippen molar-refractivity contribution in [2.75, 3.05) is 5.32 Å². The van der Waals surface area contributed by atoms with Gasteiger partial charge in [-0.2, -0.15) is 0 Å². The molecule has 21 heavy (non-hydrogen) atoms. The molecule has 2 nitrogen and oxygen atoms in total. The summed E-state index contributed by atoms with van der Waals surface area (Å²) in [6.07, 6.45) is 0.842. The van der Waals surface area contributed by atoms with E-state index in [9.17, 15) is 4.79 Å². The van der Waals surface area contributed by atoms with Crippen LogP contribution < -0.4 is 5.32 Å². The average Bonchev–Trinajstić information content (AvgIpc) is 3.20. The van der Waals surface area contributed by atoms with Gasteiger partial charge in [-0.3, -0.25) is 4.79 Å². The topological polar surface area (TPSA) is 29.1 Å². The monoisotopic (exact) mass is 319 g/mol. The molecule has 108 valence electrons. The van der Waals surface area contributed by atoms with E-state index in [0.29, 0.717) is 10.0 Å². The molecule has 0 radical (unpaired) electrons. The number of carbonyl (C=O) groups excluding carboxylic acids is 1. The van der Waals surface area contributed by atoms with Gasteiger partial charge in [-0.05, 0) is 55.2 Å². The molecule has 0 aromatic heterocycles. The van der Waals surface area contributed by atoms with Gasteiger partial charge >= 0.3 is 0 Å². The average molecular weight is 320 g/mol. The molecule has 4 heteroatoms. The fourth-order valence-corrected chi connectivity index (χ4v) is 3.06. The van der Waals surface area contributed by atoms with Gasteiger partial charge in [0.25, 0.3) is 0 Å². The van der Waals surface area contributed by atoms with Crippen LogP contribution in [0.2, 0.25) is 10.0 Å². The number of aryl methyl sites for hydroxylation is 1. The van der Waals surface area contributed by atoms with E-state index >= 15 is 0 Å². The SMILES string of the molecule is Cc1ccc(NC(=O)[C@H]2C[C@@H]2c2cc(Cl)cc(Cl)c2)cc1. The van der Waals surface area contributed by atoms with Crippen molar-refractivity contribution in [3.05, 3.63) is 63.6 Å². The first kappa shape index (κ1) is 14.4. The van der Waals surface area contributed by atoms with Crippen LogP contribution in [0.4, 0.5) is 5.69 Å². The van der Waals surface area contributed by atoms with E-state index in [1.165, 1.54) is 5.56 Å². The van der Waals surface area contributed by atoms with Gasteiger partial charge in [0.2, 0.25) is 5.91 Å². The lowest BCUT2D eigenvalue weighted by atomic mass is 10.1. The number of hydrogen-bond acceptors (Lipinski definition) is 1. The maximum atomic E-state index is 12.2. The van der Waals surface area contributed by atoms with Crippen LogP contribution in [0.15, 0.2) is 42.5 Å². The molecule has 0 saturated heterocycles. The number of anilines is 1. The molecule has 0 heterocycles. The first-order valence-electron chi connectivity index (χ1n) is 6.86. The molecule has 0 spiro atoms. The highest BCUT2D eigenvalue weighted by Gasteiger charge is 2.44. The number of benzene rings is 2. The largest absolute Gasteiger partial charge is 0.326 e. The molecule has 1 amide bonds. The second kappa shape index (κ2) is 5.70. The van der Waals surface area contributed by atoms with Gasteiger partial charge in [0, 0.05) is 21.7 Å². The van der Waals surface area contributed by atoms with Crippen molar-refractivity contribution in [1.82, 2.24) is 0 Å². The van der Waals surface area contributed by atoms with E-state index in [1.54, 1.807) is 6.07 Å². The number of halogens is 2. The highest BCUT2D eigenvalue weighted by Crippen LogP contribution is 2.49. The van der Waals surface area contributed by atoms with Gasteiger partial charge in [0.1, 0.15) is 0 Å². The highest BCUT2D eigenvalue weighted by molar-refractivity contribution is 6.34. The summed E-state index contributed by atoms with van der Waals surface area (Å²) in [7, 11) is 0. The number of hydrogen-bond donors (Lipinski definition) is 1. The highest BCUT2D eigenvalue weighted by atomic mass is 35.5. The summed E-state index contributed by atoms with van der Waals surface area (Å²) in [5.41, 5.74) is 3.04. The Labute approximate surface area is 134 Å². The predicted molar refractivity (Wildman–Crippen MR) is 87.1 cm³/mol. The first-order valence-corrected chi connectivity index (χ1v) is 7.62. The normalized spacial score (nSPS) is 20.1. The van der Waals surface area contributed by atoms with Crippen LogP contribution in [0.25, 0.3) is 0 Å². The molecule has 3 rings (SSSR count). The lowest BCUT2D eigenvalue weighted by molar-refractivity contribution is -0.117. The molecule has 1 aliphatic carbocycles. The molecule has 1 aliphatic rings. The first-order chi connectivity index (χ1) is 10.0. The Morgan fingerprint density at radius 1 is 1.10 bits per heavy atom. The zero-order valence-corrected chi connectivity index (χ0v) is 13.1. The molecule has 2 aromatic rings. The third-order valence-electron chi connectivity index (χ3n) is 3.76. The molecule has 2 aromatic carbocycles. The van der Waals surface area contributed by atoms with Crippen LogP contribution in [-0.2, 0) is 4.79 Å². The summed E-state index contributed by atoms with van der Waals surface area (Å²) < 4.78 is 0. The summed E-state index contributed by atoms with van der Waals surface area (Å²) in [4.78, 5) is 12.2. The van der Waals surface area contributed by atoms with E-state index < -0.39 is 0 Å². The molecular formula is C17H15Cl2NO. The zero-order valence-electron chi connectivity index (χ0n) is 11.6. The molecule has 1 saturated carbocycles. The maximum absolute atomic E-state index is 12.2. The minimum Gasteiger partial charge on any atom is -0.326 e. The Morgan fingerprint density at radius 3 is 2.33 bits per heavy atom. The number of carbonyl (C=O) groups is 1. The zero-order chi connectivity index (χ0) is 15.0. The molecule has 1 fully saturated rings. The van der Waals surface area contributed by atoms with E-state index in [0.717, 1.165) is 17.7 Å². The van der Waals surface area contributed by atoms with Crippen LogP contribution in [0.3, 0.4) is 0 Å². The molecular weight excluding hydrogens is 305 g/mol. The van der Waals surface area contributed by atoms with E-state index in [-0.39, 0.29) is 17.7 Å². The van der Waals surface area contributed by atoms with Gasteiger partial charge < -0.3 is 5.32 Å². The van der Waals surface area contributed by atoms with E-state index in [1.807, 2.05) is 43.3 Å². The van der Waals surface area contributed by atoms with Gasteiger partial charge in [0.05, 0.1) is 0 Å². The Balaban J connectivity index is 1.67. The van der Waals surface area contributed by atoms with Crippen LogP contribution >= 0.6 is 23.2 Å². The number of amides is 1. The number of nitrogens with one attached hydrogen (secondary N) is 1. The van der Waals surface area contributed by atoms with Crippen LogP contribution in [0.5, 0.6) is 0 Å². The second-order valence-corrected chi connectivity index (χ2v) is 6.38. The summed E-state index contributed by atoms with van der Waals surface area (Å²) in [6, 6.07) is 13.3. The molecule has 0 unspecified atom stereocenters. The van der Waals surface area contributed by atoms with Crippen molar-refractivity contribution in [2.24, 2.45) is 5.92 Å². The van der Waals surface area contributed by atoms with Gasteiger partial charge in [-0.1, -0.05) is 40.9 Å². The Morgan fingerprint density at radius 2 is 1.71 bits per heavy atom. The summed E-state index contributed by atoms with van der Waals surface area (Å²) in [6.45, 7) is 2.02.